The zero-order valence-corrected chi connectivity index (χ0v) is 8.43. The third kappa shape index (κ3) is 7.60. The average molecular weight is 286 g/mol. The van der Waals surface area contributed by atoms with Crippen molar-refractivity contribution in [3.05, 3.63) is 6.92 Å². The summed E-state index contributed by atoms with van der Waals surface area (Å²) >= 11 is 18.3. The van der Waals surface area contributed by atoms with Crippen molar-refractivity contribution in [1.82, 2.24) is 0 Å². The zero-order valence-electron chi connectivity index (χ0n) is 4.00. The van der Waals surface area contributed by atoms with Gasteiger partial charge in [0.25, 0.3) is 0 Å². The SMILES string of the molecule is [CH2]C(I)CC(Cl)(Cl)Cl. The molecule has 0 fully saturated rings. The molecule has 8 heavy (non-hydrogen) atoms. The number of rotatable bonds is 1. The van der Waals surface area contributed by atoms with Crippen LogP contribution in [0.15, 0.2) is 0 Å². The lowest BCUT2D eigenvalue weighted by atomic mass is 10.4. The first-order valence-electron chi connectivity index (χ1n) is 1.96. The van der Waals surface area contributed by atoms with Crippen LogP contribution in [0, 0.1) is 6.92 Å². The first kappa shape index (κ1) is 9.60. The summed E-state index contributed by atoms with van der Waals surface area (Å²) in [4.78, 5) is 0. The van der Waals surface area contributed by atoms with Gasteiger partial charge in [-0.05, 0) is 6.92 Å². The Labute approximate surface area is 78.0 Å². The van der Waals surface area contributed by atoms with Crippen LogP contribution in [-0.2, 0) is 0 Å². The first-order chi connectivity index (χ1) is 3.42. The third-order valence-corrected chi connectivity index (χ3v) is 1.36. The molecule has 0 aliphatic carbocycles. The maximum atomic E-state index is 5.41. The lowest BCUT2D eigenvalue weighted by Crippen LogP contribution is -2.07. The largest absolute Gasteiger partial charge is 0.191 e. The van der Waals surface area contributed by atoms with E-state index in [2.05, 4.69) is 29.5 Å². The number of hydrogen-bond acceptors (Lipinski definition) is 0. The third-order valence-electron chi connectivity index (χ3n) is 0.453. The van der Waals surface area contributed by atoms with Gasteiger partial charge in [0.15, 0.2) is 3.79 Å². The van der Waals surface area contributed by atoms with E-state index in [0.29, 0.717) is 6.42 Å². The van der Waals surface area contributed by atoms with Crippen LogP contribution in [0.1, 0.15) is 6.42 Å². The molecule has 0 N–H and O–H groups in total. The van der Waals surface area contributed by atoms with Crippen LogP contribution in [0.5, 0.6) is 0 Å². The number of halogens is 4. The molecule has 0 aromatic carbocycles. The molecule has 0 aliphatic heterocycles. The van der Waals surface area contributed by atoms with E-state index in [1.54, 1.807) is 0 Å². The molecular formula is C4H5Cl3I. The van der Waals surface area contributed by atoms with E-state index < -0.39 is 3.79 Å². The highest BCUT2D eigenvalue weighted by atomic mass is 127. The van der Waals surface area contributed by atoms with Crippen molar-refractivity contribution in [1.29, 1.82) is 0 Å². The van der Waals surface area contributed by atoms with E-state index in [-0.39, 0.29) is 3.92 Å². The molecule has 0 saturated carbocycles. The molecule has 0 rings (SSSR count). The molecule has 49 valence electrons. The van der Waals surface area contributed by atoms with Crippen molar-refractivity contribution >= 4 is 57.4 Å². The summed E-state index contributed by atoms with van der Waals surface area (Å²) < 4.78 is -0.965. The lowest BCUT2D eigenvalue weighted by Gasteiger charge is -2.10. The van der Waals surface area contributed by atoms with E-state index in [4.69, 9.17) is 34.8 Å². The Morgan fingerprint density at radius 3 is 1.88 bits per heavy atom. The fourth-order valence-electron chi connectivity index (χ4n) is 0.251. The molecule has 0 amide bonds. The molecule has 1 unspecified atom stereocenters. The molecule has 0 aromatic rings. The molecule has 1 radical (unpaired) electrons. The van der Waals surface area contributed by atoms with E-state index >= 15 is 0 Å². The fraction of sp³-hybridized carbons (Fsp3) is 0.750. The van der Waals surface area contributed by atoms with Crippen LogP contribution in [0.3, 0.4) is 0 Å². The monoisotopic (exact) mass is 285 g/mol. The molecule has 0 heterocycles. The maximum Gasteiger partial charge on any atom is 0.191 e. The van der Waals surface area contributed by atoms with Gasteiger partial charge in [-0.25, -0.2) is 0 Å². The van der Waals surface area contributed by atoms with Crippen molar-refractivity contribution in [2.24, 2.45) is 0 Å². The van der Waals surface area contributed by atoms with Crippen molar-refractivity contribution in [3.63, 3.8) is 0 Å². The van der Waals surface area contributed by atoms with E-state index in [9.17, 15) is 0 Å². The van der Waals surface area contributed by atoms with Crippen LogP contribution in [0.2, 0.25) is 0 Å². The minimum Gasteiger partial charge on any atom is -0.0837 e. The van der Waals surface area contributed by atoms with Crippen molar-refractivity contribution in [2.75, 3.05) is 0 Å². The van der Waals surface area contributed by atoms with Gasteiger partial charge >= 0.3 is 0 Å². The molecule has 0 bridgehead atoms. The summed E-state index contributed by atoms with van der Waals surface area (Å²) in [6.45, 7) is 3.66. The summed E-state index contributed by atoms with van der Waals surface area (Å²) in [5.41, 5.74) is 0. The predicted octanol–water partition coefficient (Wildman–Crippen LogP) is 3.38. The minimum atomic E-state index is -1.13. The number of hydrogen-bond donors (Lipinski definition) is 0. The molecule has 0 spiro atoms. The summed E-state index contributed by atoms with van der Waals surface area (Å²) in [6, 6.07) is 0. The van der Waals surface area contributed by atoms with Crippen LogP contribution in [0.25, 0.3) is 0 Å². The number of alkyl halides is 4. The van der Waals surface area contributed by atoms with E-state index in [1.807, 2.05) is 0 Å². The second-order valence-corrected chi connectivity index (χ2v) is 5.69. The second-order valence-electron chi connectivity index (χ2n) is 1.42. The summed E-state index contributed by atoms with van der Waals surface area (Å²) in [6.07, 6.45) is 0.498. The fourth-order valence-corrected chi connectivity index (χ4v) is 2.25. The van der Waals surface area contributed by atoms with Crippen LogP contribution < -0.4 is 0 Å². The van der Waals surface area contributed by atoms with Gasteiger partial charge in [-0.2, -0.15) is 0 Å². The Bertz CT molecular complexity index is 66.2. The lowest BCUT2D eigenvalue weighted by molar-refractivity contribution is 0.915. The molecule has 0 aromatic heterocycles. The second kappa shape index (κ2) is 3.69. The van der Waals surface area contributed by atoms with Gasteiger partial charge in [-0.15, -0.1) is 0 Å². The highest BCUT2D eigenvalue weighted by Gasteiger charge is 2.21. The smallest absolute Gasteiger partial charge is 0.0837 e. The standard InChI is InChI=1S/C4H5Cl3I/c1-3(8)2-4(5,6)7/h3H,1-2H2. The first-order valence-corrected chi connectivity index (χ1v) is 4.33. The Balaban J connectivity index is 3.39. The van der Waals surface area contributed by atoms with Gasteiger partial charge < -0.3 is 0 Å². The Morgan fingerprint density at radius 1 is 1.50 bits per heavy atom. The Morgan fingerprint density at radius 2 is 1.88 bits per heavy atom. The van der Waals surface area contributed by atoms with Crippen LogP contribution >= 0.6 is 57.4 Å². The quantitative estimate of drug-likeness (QED) is 0.512. The average Bonchev–Trinajstić information content (AvgIpc) is 1.21. The summed E-state index contributed by atoms with van der Waals surface area (Å²) in [5, 5.41) is 0. The zero-order chi connectivity index (χ0) is 6.78. The molecule has 4 heteroatoms. The highest BCUT2D eigenvalue weighted by molar-refractivity contribution is 14.1. The van der Waals surface area contributed by atoms with Crippen molar-refractivity contribution in [3.8, 4) is 0 Å². The van der Waals surface area contributed by atoms with Gasteiger partial charge in [0.1, 0.15) is 0 Å². The molecule has 1 atom stereocenters. The predicted molar refractivity (Wildman–Crippen MR) is 48.1 cm³/mol. The topological polar surface area (TPSA) is 0 Å². The summed E-state index contributed by atoms with van der Waals surface area (Å²) in [7, 11) is 0. The van der Waals surface area contributed by atoms with Crippen molar-refractivity contribution < 1.29 is 0 Å². The van der Waals surface area contributed by atoms with Crippen molar-refractivity contribution in [2.45, 2.75) is 14.1 Å². The normalized spacial score (nSPS) is 16.1. The molecule has 0 nitrogen and oxygen atoms in total. The van der Waals surface area contributed by atoms with Gasteiger partial charge in [0.2, 0.25) is 0 Å². The van der Waals surface area contributed by atoms with Gasteiger partial charge in [0, 0.05) is 10.3 Å². The molecule has 0 saturated heterocycles. The molecular weight excluding hydrogens is 281 g/mol. The summed E-state index contributed by atoms with van der Waals surface area (Å²) in [5.74, 6) is 0. The van der Waals surface area contributed by atoms with Gasteiger partial charge in [-0.1, -0.05) is 57.4 Å². The van der Waals surface area contributed by atoms with Crippen LogP contribution in [0.4, 0.5) is 0 Å². The molecule has 0 aliphatic rings. The van der Waals surface area contributed by atoms with E-state index in [1.165, 1.54) is 0 Å². The minimum absolute atomic E-state index is 0.167. The Hall–Kier alpha value is 1.60. The maximum absolute atomic E-state index is 5.41. The van der Waals surface area contributed by atoms with Crippen LogP contribution in [-0.4, -0.2) is 7.72 Å². The Kier molecular flexibility index (Phi) is 4.43. The van der Waals surface area contributed by atoms with E-state index in [0.717, 1.165) is 0 Å². The van der Waals surface area contributed by atoms with Gasteiger partial charge in [-0.3, -0.25) is 0 Å². The van der Waals surface area contributed by atoms with Gasteiger partial charge in [0.05, 0.1) is 0 Å². The highest BCUT2D eigenvalue weighted by Crippen LogP contribution is 2.33.